The van der Waals surface area contributed by atoms with Gasteiger partial charge in [-0.2, -0.15) is 0 Å². The zero-order chi connectivity index (χ0) is 23.8. The van der Waals surface area contributed by atoms with Gasteiger partial charge in [0.05, 0.1) is 16.8 Å². The highest BCUT2D eigenvalue weighted by Gasteiger charge is 2.24. The molecule has 1 aliphatic heterocycles. The number of rotatable bonds is 5. The lowest BCUT2D eigenvalue weighted by molar-refractivity contribution is -0.113. The maximum atomic E-state index is 13.8. The second-order valence-electron chi connectivity index (χ2n) is 8.03. The number of halogens is 2. The fraction of sp³-hybridized carbons (Fsp3) is 0.208. The molecule has 5 rings (SSSR count). The van der Waals surface area contributed by atoms with Crippen LogP contribution in [0.15, 0.2) is 63.0 Å². The predicted octanol–water partition coefficient (Wildman–Crippen LogP) is 5.58. The van der Waals surface area contributed by atoms with Gasteiger partial charge in [-0.15, -0.1) is 11.3 Å². The van der Waals surface area contributed by atoms with Crippen molar-refractivity contribution in [2.45, 2.75) is 18.1 Å². The fourth-order valence-corrected chi connectivity index (χ4v) is 6.47. The number of nitrogens with one attached hydrogen (secondary N) is 1. The molecule has 0 saturated heterocycles. The van der Waals surface area contributed by atoms with E-state index in [1.807, 2.05) is 24.3 Å². The molecule has 1 aliphatic rings. The van der Waals surface area contributed by atoms with Gasteiger partial charge in [0, 0.05) is 33.1 Å². The number of hydrogen-bond donors (Lipinski definition) is 1. The number of carbonyl (C=O) groups excluding carboxylic acids is 1. The Hall–Kier alpha value is -2.17. The number of anilines is 1. The van der Waals surface area contributed by atoms with Crippen molar-refractivity contribution >= 4 is 72.4 Å². The molecule has 0 bridgehead atoms. The van der Waals surface area contributed by atoms with E-state index in [1.165, 1.54) is 16.6 Å². The Kier molecular flexibility index (Phi) is 6.81. The molecule has 0 aliphatic carbocycles. The van der Waals surface area contributed by atoms with Crippen LogP contribution in [0.2, 0.25) is 5.02 Å². The average Bonchev–Trinajstić information content (AvgIpc) is 3.17. The minimum absolute atomic E-state index is 0.106. The van der Waals surface area contributed by atoms with Crippen LogP contribution in [0.3, 0.4) is 0 Å². The van der Waals surface area contributed by atoms with Crippen molar-refractivity contribution in [2.75, 3.05) is 24.7 Å². The molecule has 2 aromatic carbocycles. The zero-order valence-electron chi connectivity index (χ0n) is 18.2. The summed E-state index contributed by atoms with van der Waals surface area (Å²) < 4.78 is 2.54. The number of fused-ring (bicyclic) bond motifs is 3. The molecule has 0 saturated carbocycles. The van der Waals surface area contributed by atoms with Crippen molar-refractivity contribution in [3.05, 3.63) is 78.8 Å². The standard InChI is InChI=1S/C24H20BrClN4O2S2/c1-29-11-10-18-19(12-29)34-22-21(18)23(32)30(17-8-4-15(26)5-9-17)24(28-22)33-13-20(31)27-16-6-2-14(25)3-7-16/h2-9H,10-13H2,1H3,(H,27,31). The third kappa shape index (κ3) is 4.81. The lowest BCUT2D eigenvalue weighted by Crippen LogP contribution is -2.27. The van der Waals surface area contributed by atoms with Crippen LogP contribution >= 0.6 is 50.6 Å². The van der Waals surface area contributed by atoms with E-state index < -0.39 is 0 Å². The third-order valence-electron chi connectivity index (χ3n) is 5.58. The molecular weight excluding hydrogens is 556 g/mol. The fourth-order valence-electron chi connectivity index (χ4n) is 3.93. The molecule has 174 valence electrons. The highest BCUT2D eigenvalue weighted by Crippen LogP contribution is 2.34. The molecule has 10 heteroatoms. The summed E-state index contributed by atoms with van der Waals surface area (Å²) >= 11 is 12.3. The van der Waals surface area contributed by atoms with E-state index in [2.05, 4.69) is 33.2 Å². The molecule has 3 heterocycles. The van der Waals surface area contributed by atoms with E-state index in [0.717, 1.165) is 34.4 Å². The van der Waals surface area contributed by atoms with Gasteiger partial charge < -0.3 is 10.2 Å². The number of likely N-dealkylation sites (N-methyl/N-ethyl adjacent to an activating group) is 1. The number of benzene rings is 2. The van der Waals surface area contributed by atoms with Crippen LogP contribution < -0.4 is 10.9 Å². The Morgan fingerprint density at radius 2 is 1.94 bits per heavy atom. The minimum atomic E-state index is -0.170. The molecule has 1 N–H and O–H groups in total. The number of amides is 1. The molecule has 4 aromatic rings. The van der Waals surface area contributed by atoms with Gasteiger partial charge in [0.1, 0.15) is 4.83 Å². The second-order valence-corrected chi connectivity index (χ2v) is 11.4. The van der Waals surface area contributed by atoms with Crippen molar-refractivity contribution in [1.29, 1.82) is 0 Å². The van der Waals surface area contributed by atoms with Crippen molar-refractivity contribution in [1.82, 2.24) is 14.5 Å². The van der Waals surface area contributed by atoms with Gasteiger partial charge in [-0.1, -0.05) is 39.3 Å². The summed E-state index contributed by atoms with van der Waals surface area (Å²) in [6.45, 7) is 1.72. The largest absolute Gasteiger partial charge is 0.325 e. The Balaban J connectivity index is 1.52. The van der Waals surface area contributed by atoms with Gasteiger partial charge in [-0.05, 0) is 67.6 Å². The summed E-state index contributed by atoms with van der Waals surface area (Å²) in [5.74, 6) is -0.0495. The Labute approximate surface area is 218 Å². The smallest absolute Gasteiger partial charge is 0.267 e. The van der Waals surface area contributed by atoms with Gasteiger partial charge >= 0.3 is 0 Å². The normalized spacial score (nSPS) is 13.7. The van der Waals surface area contributed by atoms with Crippen LogP contribution in [0.1, 0.15) is 10.4 Å². The van der Waals surface area contributed by atoms with Crippen LogP contribution in [-0.4, -0.2) is 39.7 Å². The molecule has 0 spiro atoms. The van der Waals surface area contributed by atoms with Gasteiger partial charge in [0.2, 0.25) is 5.91 Å². The highest BCUT2D eigenvalue weighted by molar-refractivity contribution is 9.10. The number of carbonyl (C=O) groups is 1. The molecule has 1 amide bonds. The van der Waals surface area contributed by atoms with Gasteiger partial charge in [0.15, 0.2) is 5.16 Å². The van der Waals surface area contributed by atoms with Gasteiger partial charge in [-0.3, -0.25) is 14.2 Å². The number of nitrogens with zero attached hydrogens (tertiary/aromatic N) is 3. The van der Waals surface area contributed by atoms with E-state index in [4.69, 9.17) is 16.6 Å². The number of thiophene rings is 1. The van der Waals surface area contributed by atoms with E-state index in [-0.39, 0.29) is 17.2 Å². The van der Waals surface area contributed by atoms with Gasteiger partial charge in [0.25, 0.3) is 5.56 Å². The summed E-state index contributed by atoms with van der Waals surface area (Å²) in [6, 6.07) is 14.5. The Bertz CT molecular complexity index is 1430. The summed E-state index contributed by atoms with van der Waals surface area (Å²) in [7, 11) is 2.08. The maximum absolute atomic E-state index is 13.8. The number of hydrogen-bond acceptors (Lipinski definition) is 6. The molecule has 0 fully saturated rings. The van der Waals surface area contributed by atoms with Crippen LogP contribution in [0.4, 0.5) is 5.69 Å². The lowest BCUT2D eigenvalue weighted by atomic mass is 10.1. The summed E-state index contributed by atoms with van der Waals surface area (Å²) in [6.07, 6.45) is 0.825. The first-order valence-corrected chi connectivity index (χ1v) is 13.6. The molecule has 2 aromatic heterocycles. The van der Waals surface area contributed by atoms with Crippen LogP contribution in [0.5, 0.6) is 0 Å². The minimum Gasteiger partial charge on any atom is -0.325 e. The quantitative estimate of drug-likeness (QED) is 0.249. The highest BCUT2D eigenvalue weighted by atomic mass is 79.9. The van der Waals surface area contributed by atoms with E-state index in [1.54, 1.807) is 40.2 Å². The van der Waals surface area contributed by atoms with Crippen LogP contribution in [-0.2, 0) is 17.8 Å². The Morgan fingerprint density at radius 3 is 2.68 bits per heavy atom. The molecule has 0 radical (unpaired) electrons. The first kappa shape index (κ1) is 23.6. The third-order valence-corrected chi connectivity index (χ3v) is 8.41. The van der Waals surface area contributed by atoms with E-state index in [0.29, 0.717) is 26.9 Å². The molecule has 0 unspecified atom stereocenters. The maximum Gasteiger partial charge on any atom is 0.267 e. The summed E-state index contributed by atoms with van der Waals surface area (Å²) in [5.41, 5.74) is 2.38. The van der Waals surface area contributed by atoms with Crippen molar-refractivity contribution in [3.8, 4) is 5.69 Å². The van der Waals surface area contributed by atoms with E-state index >= 15 is 0 Å². The monoisotopic (exact) mass is 574 g/mol. The topological polar surface area (TPSA) is 67.2 Å². The van der Waals surface area contributed by atoms with Crippen LogP contribution in [0.25, 0.3) is 15.9 Å². The van der Waals surface area contributed by atoms with Crippen molar-refractivity contribution in [2.24, 2.45) is 0 Å². The number of thioether (sulfide) groups is 1. The molecular formula is C24H20BrClN4O2S2. The average molecular weight is 576 g/mol. The summed E-state index contributed by atoms with van der Waals surface area (Å²) in [4.78, 5) is 35.4. The SMILES string of the molecule is CN1CCc2c(sc3nc(SCC(=O)Nc4ccc(Br)cc4)n(-c4ccc(Cl)cc4)c(=O)c23)C1. The van der Waals surface area contributed by atoms with Crippen molar-refractivity contribution < 1.29 is 4.79 Å². The lowest BCUT2D eigenvalue weighted by Gasteiger charge is -2.21. The van der Waals surface area contributed by atoms with E-state index in [9.17, 15) is 9.59 Å². The van der Waals surface area contributed by atoms with Crippen molar-refractivity contribution in [3.63, 3.8) is 0 Å². The second kappa shape index (κ2) is 9.83. The first-order valence-electron chi connectivity index (χ1n) is 10.6. The molecule has 0 atom stereocenters. The Morgan fingerprint density at radius 1 is 1.21 bits per heavy atom. The van der Waals surface area contributed by atoms with Crippen LogP contribution in [0, 0.1) is 0 Å². The van der Waals surface area contributed by atoms with Gasteiger partial charge in [-0.25, -0.2) is 4.98 Å². The first-order chi connectivity index (χ1) is 16.4. The predicted molar refractivity (Wildman–Crippen MR) is 144 cm³/mol. The number of aromatic nitrogens is 2. The summed E-state index contributed by atoms with van der Waals surface area (Å²) in [5, 5.41) is 4.64. The molecule has 34 heavy (non-hydrogen) atoms. The zero-order valence-corrected chi connectivity index (χ0v) is 22.2. The molecule has 6 nitrogen and oxygen atoms in total.